The number of nitrogens with zero attached hydrogens (tertiary/aromatic N) is 4. The Balaban J connectivity index is 1.42. The molecule has 1 aliphatic rings. The van der Waals surface area contributed by atoms with Gasteiger partial charge in [-0.25, -0.2) is 9.97 Å². The number of carbonyl (C=O) groups excluding carboxylic acids is 1. The molecule has 0 unspecified atom stereocenters. The molecule has 2 aromatic heterocycles. The van der Waals surface area contributed by atoms with Crippen molar-refractivity contribution in [3.63, 3.8) is 0 Å². The molecule has 7 heteroatoms. The maximum absolute atomic E-state index is 12.5. The second-order valence-corrected chi connectivity index (χ2v) is 8.23. The van der Waals surface area contributed by atoms with E-state index in [1.807, 2.05) is 35.2 Å². The van der Waals surface area contributed by atoms with Crippen LogP contribution < -0.4 is 4.90 Å². The normalized spacial score (nSPS) is 14.9. The van der Waals surface area contributed by atoms with Crippen LogP contribution in [0, 0.1) is 0 Å². The van der Waals surface area contributed by atoms with E-state index in [2.05, 4.69) is 27.9 Å². The van der Waals surface area contributed by atoms with Gasteiger partial charge in [0.25, 0.3) is 0 Å². The summed E-state index contributed by atoms with van der Waals surface area (Å²) in [5, 5.41) is 1.78. The molecule has 5 nitrogen and oxygen atoms in total. The molecular weight excluding hydrogens is 392 g/mol. The van der Waals surface area contributed by atoms with E-state index in [4.69, 9.17) is 11.6 Å². The molecule has 1 fully saturated rings. The van der Waals surface area contributed by atoms with Crippen molar-refractivity contribution in [1.29, 1.82) is 0 Å². The van der Waals surface area contributed by atoms with E-state index in [0.29, 0.717) is 18.1 Å². The number of carbonyl (C=O) groups is 1. The molecule has 0 atom stereocenters. The van der Waals surface area contributed by atoms with E-state index in [0.717, 1.165) is 41.1 Å². The van der Waals surface area contributed by atoms with Crippen LogP contribution in [0.1, 0.15) is 17.4 Å². The maximum atomic E-state index is 12.5. The summed E-state index contributed by atoms with van der Waals surface area (Å²) in [6.07, 6.45) is 6.07. The van der Waals surface area contributed by atoms with Crippen molar-refractivity contribution in [2.24, 2.45) is 0 Å². The average Bonchev–Trinajstić information content (AvgIpc) is 3.16. The first-order chi connectivity index (χ1) is 13.6. The minimum atomic E-state index is 0.0243. The highest BCUT2D eigenvalue weighted by Gasteiger charge is 2.22. The zero-order chi connectivity index (χ0) is 19.5. The van der Waals surface area contributed by atoms with Crippen LogP contribution >= 0.6 is 22.9 Å². The molecule has 3 heterocycles. The van der Waals surface area contributed by atoms with Gasteiger partial charge in [-0.3, -0.25) is 4.79 Å². The number of aromatic nitrogens is 2. The lowest BCUT2D eigenvalue weighted by molar-refractivity contribution is -0.126. The molecule has 0 aliphatic carbocycles. The van der Waals surface area contributed by atoms with Crippen molar-refractivity contribution in [3.05, 3.63) is 58.2 Å². The zero-order valence-corrected chi connectivity index (χ0v) is 17.2. The Morgan fingerprint density at radius 2 is 2.04 bits per heavy atom. The highest BCUT2D eigenvalue weighted by Crippen LogP contribution is 2.30. The third kappa shape index (κ3) is 4.03. The number of anilines is 1. The van der Waals surface area contributed by atoms with Gasteiger partial charge in [-0.15, -0.1) is 11.3 Å². The van der Waals surface area contributed by atoms with Crippen LogP contribution in [0.5, 0.6) is 0 Å². The van der Waals surface area contributed by atoms with Gasteiger partial charge in [0.05, 0.1) is 5.39 Å². The highest BCUT2D eigenvalue weighted by atomic mass is 35.5. The van der Waals surface area contributed by atoms with E-state index in [1.165, 1.54) is 4.88 Å². The minimum absolute atomic E-state index is 0.0243. The van der Waals surface area contributed by atoms with Crippen molar-refractivity contribution >= 4 is 51.0 Å². The fourth-order valence-electron chi connectivity index (χ4n) is 3.34. The Hall–Kier alpha value is -2.44. The summed E-state index contributed by atoms with van der Waals surface area (Å²) in [5.74, 6) is 0.999. The number of halogens is 1. The number of hydrogen-bond donors (Lipinski definition) is 0. The Morgan fingerprint density at radius 1 is 1.21 bits per heavy atom. The van der Waals surface area contributed by atoms with E-state index in [-0.39, 0.29) is 5.91 Å². The quantitative estimate of drug-likeness (QED) is 0.600. The molecule has 0 spiro atoms. The molecule has 3 aromatic rings. The van der Waals surface area contributed by atoms with E-state index < -0.39 is 0 Å². The molecule has 1 aliphatic heterocycles. The first-order valence-corrected chi connectivity index (χ1v) is 10.5. The molecular formula is C21H21ClN4OS. The second-order valence-electron chi connectivity index (χ2n) is 6.68. The number of fused-ring (bicyclic) bond motifs is 1. The number of hydrogen-bond acceptors (Lipinski definition) is 5. The summed E-state index contributed by atoms with van der Waals surface area (Å²) in [7, 11) is 0. The molecule has 144 valence electrons. The number of amides is 1. The Bertz CT molecular complexity index is 1020. The van der Waals surface area contributed by atoms with Gasteiger partial charge in [0.15, 0.2) is 0 Å². The molecule has 0 bridgehead atoms. The smallest absolute Gasteiger partial charge is 0.246 e. The first kappa shape index (κ1) is 18.9. The molecule has 1 saturated heterocycles. The predicted octanol–water partition coefficient (Wildman–Crippen LogP) is 4.27. The summed E-state index contributed by atoms with van der Waals surface area (Å²) in [4.78, 5) is 27.9. The molecule has 1 amide bonds. The average molecular weight is 413 g/mol. The van der Waals surface area contributed by atoms with Crippen molar-refractivity contribution in [3.8, 4) is 0 Å². The Morgan fingerprint density at radius 3 is 2.79 bits per heavy atom. The van der Waals surface area contributed by atoms with Gasteiger partial charge < -0.3 is 9.80 Å². The van der Waals surface area contributed by atoms with Crippen molar-refractivity contribution < 1.29 is 4.79 Å². The third-order valence-electron chi connectivity index (χ3n) is 4.87. The fraction of sp³-hybridized carbons (Fsp3) is 0.286. The molecule has 4 rings (SSSR count). The van der Waals surface area contributed by atoms with Gasteiger partial charge >= 0.3 is 0 Å². The van der Waals surface area contributed by atoms with Gasteiger partial charge in [0, 0.05) is 42.2 Å². The summed E-state index contributed by atoms with van der Waals surface area (Å²) in [5.41, 5.74) is 0.923. The van der Waals surface area contributed by atoms with Crippen LogP contribution in [-0.2, 0) is 11.2 Å². The SMILES string of the molecule is CCc1cc2c(N3CCN(C(=O)C=Cc4cccc(Cl)c4)CC3)ncnc2s1. The second kappa shape index (κ2) is 8.29. The lowest BCUT2D eigenvalue weighted by Gasteiger charge is -2.35. The van der Waals surface area contributed by atoms with Gasteiger partial charge in [0.2, 0.25) is 5.91 Å². The van der Waals surface area contributed by atoms with E-state index in [9.17, 15) is 4.79 Å². The molecule has 0 N–H and O–H groups in total. The van der Waals surface area contributed by atoms with Gasteiger partial charge in [-0.1, -0.05) is 30.7 Å². The molecule has 0 saturated carbocycles. The van der Waals surface area contributed by atoms with Crippen LogP contribution in [0.3, 0.4) is 0 Å². The number of benzene rings is 1. The fourth-order valence-corrected chi connectivity index (χ4v) is 4.47. The Kier molecular flexibility index (Phi) is 5.59. The van der Waals surface area contributed by atoms with E-state index in [1.54, 1.807) is 23.7 Å². The number of rotatable bonds is 4. The van der Waals surface area contributed by atoms with Crippen LogP contribution in [0.2, 0.25) is 5.02 Å². The van der Waals surface area contributed by atoms with Gasteiger partial charge in [-0.2, -0.15) is 0 Å². The van der Waals surface area contributed by atoms with Crippen LogP contribution in [0.25, 0.3) is 16.3 Å². The topological polar surface area (TPSA) is 49.3 Å². The summed E-state index contributed by atoms with van der Waals surface area (Å²) < 4.78 is 0. The van der Waals surface area contributed by atoms with Crippen LogP contribution in [0.15, 0.2) is 42.7 Å². The lowest BCUT2D eigenvalue weighted by Crippen LogP contribution is -2.48. The lowest BCUT2D eigenvalue weighted by atomic mass is 10.2. The van der Waals surface area contributed by atoms with Crippen molar-refractivity contribution in [2.45, 2.75) is 13.3 Å². The van der Waals surface area contributed by atoms with Crippen LogP contribution in [-0.4, -0.2) is 47.0 Å². The standard InChI is InChI=1S/C21H21ClN4OS/c1-2-17-13-18-20(23-14-24-21(18)28-17)26-10-8-25(9-11-26)19(27)7-6-15-4-3-5-16(22)12-15/h3-7,12-14H,2,8-11H2,1H3. The summed E-state index contributed by atoms with van der Waals surface area (Å²) >= 11 is 7.72. The largest absolute Gasteiger partial charge is 0.352 e. The monoisotopic (exact) mass is 412 g/mol. The van der Waals surface area contributed by atoms with E-state index >= 15 is 0 Å². The number of aryl methyl sites for hydroxylation is 1. The minimum Gasteiger partial charge on any atom is -0.352 e. The Labute approximate surface area is 173 Å². The number of piperazine rings is 1. The van der Waals surface area contributed by atoms with Crippen molar-refractivity contribution in [2.75, 3.05) is 31.1 Å². The van der Waals surface area contributed by atoms with Gasteiger partial charge in [-0.05, 0) is 36.3 Å². The van der Waals surface area contributed by atoms with Crippen LogP contribution in [0.4, 0.5) is 5.82 Å². The summed E-state index contributed by atoms with van der Waals surface area (Å²) in [6.45, 7) is 5.03. The predicted molar refractivity (Wildman–Crippen MR) is 116 cm³/mol. The maximum Gasteiger partial charge on any atom is 0.246 e. The first-order valence-electron chi connectivity index (χ1n) is 9.35. The third-order valence-corrected chi connectivity index (χ3v) is 6.29. The van der Waals surface area contributed by atoms with Crippen molar-refractivity contribution in [1.82, 2.24) is 14.9 Å². The molecule has 0 radical (unpaired) electrons. The highest BCUT2D eigenvalue weighted by molar-refractivity contribution is 7.18. The molecule has 1 aromatic carbocycles. The summed E-state index contributed by atoms with van der Waals surface area (Å²) in [6, 6.07) is 9.66. The number of thiophene rings is 1. The molecule has 28 heavy (non-hydrogen) atoms. The van der Waals surface area contributed by atoms with Gasteiger partial charge in [0.1, 0.15) is 17.0 Å². The zero-order valence-electron chi connectivity index (χ0n) is 15.6.